The summed E-state index contributed by atoms with van der Waals surface area (Å²) in [6, 6.07) is 5.26. The summed E-state index contributed by atoms with van der Waals surface area (Å²) in [6.07, 6.45) is -0.439. The standard InChI is InChI=1S/C10H11Cl2NO.ClH/c11-8-2-1-6(3-9(8)12)10(14)7-4-13-5-7;/h1-3,7,10,13-14H,4-5H2;1H. The molecule has 2 nitrogen and oxygen atoms in total. The maximum Gasteiger partial charge on any atom is 0.0843 e. The molecule has 0 amide bonds. The molecular formula is C10H12Cl3NO. The van der Waals surface area contributed by atoms with E-state index in [2.05, 4.69) is 5.32 Å². The Balaban J connectivity index is 0.00000112. The van der Waals surface area contributed by atoms with Crippen LogP contribution >= 0.6 is 35.6 Å². The molecule has 1 heterocycles. The van der Waals surface area contributed by atoms with Crippen molar-refractivity contribution in [1.29, 1.82) is 0 Å². The first-order chi connectivity index (χ1) is 6.68. The van der Waals surface area contributed by atoms with Crippen LogP contribution in [0.5, 0.6) is 0 Å². The van der Waals surface area contributed by atoms with Gasteiger partial charge >= 0.3 is 0 Å². The smallest absolute Gasteiger partial charge is 0.0843 e. The highest BCUT2D eigenvalue weighted by molar-refractivity contribution is 6.42. The van der Waals surface area contributed by atoms with Gasteiger partial charge in [-0.05, 0) is 17.7 Å². The van der Waals surface area contributed by atoms with Crippen LogP contribution in [-0.4, -0.2) is 18.2 Å². The van der Waals surface area contributed by atoms with Crippen molar-refractivity contribution in [2.24, 2.45) is 5.92 Å². The highest BCUT2D eigenvalue weighted by Gasteiger charge is 2.26. The van der Waals surface area contributed by atoms with E-state index in [4.69, 9.17) is 23.2 Å². The lowest BCUT2D eigenvalue weighted by Gasteiger charge is -2.31. The Bertz CT molecular complexity index is 341. The summed E-state index contributed by atoms with van der Waals surface area (Å²) in [6.45, 7) is 1.73. The molecule has 5 heteroatoms. The van der Waals surface area contributed by atoms with Crippen LogP contribution in [0.1, 0.15) is 11.7 Å². The van der Waals surface area contributed by atoms with E-state index in [0.29, 0.717) is 16.0 Å². The van der Waals surface area contributed by atoms with Gasteiger partial charge in [0.25, 0.3) is 0 Å². The maximum atomic E-state index is 9.91. The molecule has 1 aliphatic rings. The van der Waals surface area contributed by atoms with Crippen LogP contribution in [0.25, 0.3) is 0 Å². The lowest BCUT2D eigenvalue weighted by atomic mass is 9.91. The van der Waals surface area contributed by atoms with Gasteiger partial charge in [0.2, 0.25) is 0 Å². The SMILES string of the molecule is Cl.OC(c1ccc(Cl)c(Cl)c1)C1CNC1. The molecule has 0 bridgehead atoms. The van der Waals surface area contributed by atoms with Gasteiger partial charge in [0.1, 0.15) is 0 Å². The van der Waals surface area contributed by atoms with Gasteiger partial charge in [-0.25, -0.2) is 0 Å². The molecule has 1 aromatic rings. The Morgan fingerprint density at radius 2 is 1.93 bits per heavy atom. The Kier molecular flexibility index (Phi) is 4.68. The Morgan fingerprint density at radius 1 is 1.27 bits per heavy atom. The number of halogens is 3. The van der Waals surface area contributed by atoms with E-state index in [1.54, 1.807) is 12.1 Å². The number of nitrogens with one attached hydrogen (secondary N) is 1. The average Bonchev–Trinajstić information content (AvgIpc) is 2.06. The summed E-state index contributed by atoms with van der Waals surface area (Å²) in [4.78, 5) is 0. The third kappa shape index (κ3) is 2.77. The fourth-order valence-electron chi connectivity index (χ4n) is 1.50. The third-order valence-electron chi connectivity index (χ3n) is 2.54. The molecule has 0 aromatic heterocycles. The number of rotatable bonds is 2. The van der Waals surface area contributed by atoms with Crippen molar-refractivity contribution in [1.82, 2.24) is 5.32 Å². The number of aliphatic hydroxyl groups excluding tert-OH is 1. The van der Waals surface area contributed by atoms with Crippen molar-refractivity contribution >= 4 is 35.6 Å². The Morgan fingerprint density at radius 3 is 2.40 bits per heavy atom. The van der Waals surface area contributed by atoms with Crippen molar-refractivity contribution in [3.63, 3.8) is 0 Å². The minimum absolute atomic E-state index is 0. The second-order valence-electron chi connectivity index (χ2n) is 3.54. The molecule has 1 aliphatic heterocycles. The van der Waals surface area contributed by atoms with E-state index in [1.165, 1.54) is 0 Å². The fourth-order valence-corrected chi connectivity index (χ4v) is 1.81. The quantitative estimate of drug-likeness (QED) is 0.864. The van der Waals surface area contributed by atoms with Gasteiger partial charge in [-0.2, -0.15) is 0 Å². The second kappa shape index (κ2) is 5.37. The summed E-state index contributed by atoms with van der Waals surface area (Å²) in [5.41, 5.74) is 0.839. The molecule has 1 saturated heterocycles. The lowest BCUT2D eigenvalue weighted by molar-refractivity contribution is 0.0767. The summed E-state index contributed by atoms with van der Waals surface area (Å²) in [5, 5.41) is 14.1. The van der Waals surface area contributed by atoms with Gasteiger partial charge in [0.15, 0.2) is 0 Å². The monoisotopic (exact) mass is 267 g/mol. The first-order valence-corrected chi connectivity index (χ1v) is 5.28. The minimum atomic E-state index is -0.439. The topological polar surface area (TPSA) is 32.3 Å². The third-order valence-corrected chi connectivity index (χ3v) is 3.28. The molecule has 0 aliphatic carbocycles. The van der Waals surface area contributed by atoms with Gasteiger partial charge in [0.05, 0.1) is 16.1 Å². The summed E-state index contributed by atoms with van der Waals surface area (Å²) < 4.78 is 0. The van der Waals surface area contributed by atoms with E-state index in [9.17, 15) is 5.11 Å². The highest BCUT2D eigenvalue weighted by atomic mass is 35.5. The molecule has 2 rings (SSSR count). The van der Waals surface area contributed by atoms with Crippen LogP contribution in [0.3, 0.4) is 0 Å². The predicted molar refractivity (Wildman–Crippen MR) is 65.0 cm³/mol. The largest absolute Gasteiger partial charge is 0.388 e. The first kappa shape index (κ1) is 13.1. The van der Waals surface area contributed by atoms with Crippen LogP contribution in [0.4, 0.5) is 0 Å². The Labute approximate surface area is 105 Å². The minimum Gasteiger partial charge on any atom is -0.388 e. The summed E-state index contributed by atoms with van der Waals surface area (Å²) >= 11 is 11.7. The zero-order valence-corrected chi connectivity index (χ0v) is 10.2. The van der Waals surface area contributed by atoms with E-state index < -0.39 is 6.10 Å². The molecular weight excluding hydrogens is 256 g/mol. The summed E-state index contributed by atoms with van der Waals surface area (Å²) in [5.74, 6) is 0.298. The average molecular weight is 269 g/mol. The van der Waals surface area contributed by atoms with Crippen LogP contribution < -0.4 is 5.32 Å². The van der Waals surface area contributed by atoms with Crippen molar-refractivity contribution in [2.45, 2.75) is 6.10 Å². The molecule has 1 fully saturated rings. The van der Waals surface area contributed by atoms with Crippen LogP contribution in [0.2, 0.25) is 10.0 Å². The maximum absolute atomic E-state index is 9.91. The molecule has 0 radical (unpaired) electrons. The number of aliphatic hydroxyl groups is 1. The van der Waals surface area contributed by atoms with E-state index in [1.807, 2.05) is 6.07 Å². The van der Waals surface area contributed by atoms with Crippen molar-refractivity contribution < 1.29 is 5.11 Å². The molecule has 1 unspecified atom stereocenters. The Hall–Kier alpha value is 0.01000. The second-order valence-corrected chi connectivity index (χ2v) is 4.35. The molecule has 15 heavy (non-hydrogen) atoms. The van der Waals surface area contributed by atoms with Gasteiger partial charge in [-0.3, -0.25) is 0 Å². The predicted octanol–water partition coefficient (Wildman–Crippen LogP) is 2.67. The van der Waals surface area contributed by atoms with Crippen LogP contribution in [0.15, 0.2) is 18.2 Å². The van der Waals surface area contributed by atoms with Crippen molar-refractivity contribution in [3.8, 4) is 0 Å². The summed E-state index contributed by atoms with van der Waals surface area (Å²) in [7, 11) is 0. The lowest BCUT2D eigenvalue weighted by Crippen LogP contribution is -2.45. The van der Waals surface area contributed by atoms with Gasteiger partial charge in [-0.15, -0.1) is 12.4 Å². The normalized spacial score (nSPS) is 17.8. The number of benzene rings is 1. The van der Waals surface area contributed by atoms with Crippen LogP contribution in [-0.2, 0) is 0 Å². The van der Waals surface area contributed by atoms with E-state index >= 15 is 0 Å². The van der Waals surface area contributed by atoms with E-state index in [0.717, 1.165) is 18.7 Å². The molecule has 0 saturated carbocycles. The van der Waals surface area contributed by atoms with Crippen molar-refractivity contribution in [3.05, 3.63) is 33.8 Å². The van der Waals surface area contributed by atoms with Gasteiger partial charge in [0, 0.05) is 19.0 Å². The molecule has 84 valence electrons. The van der Waals surface area contributed by atoms with Gasteiger partial charge in [-0.1, -0.05) is 29.3 Å². The van der Waals surface area contributed by atoms with Crippen LogP contribution in [0, 0.1) is 5.92 Å². The zero-order chi connectivity index (χ0) is 10.1. The molecule has 0 spiro atoms. The molecule has 1 atom stereocenters. The van der Waals surface area contributed by atoms with Gasteiger partial charge < -0.3 is 10.4 Å². The number of hydrogen-bond donors (Lipinski definition) is 2. The number of hydrogen-bond acceptors (Lipinski definition) is 2. The first-order valence-electron chi connectivity index (χ1n) is 4.52. The molecule has 1 aromatic carbocycles. The highest BCUT2D eigenvalue weighted by Crippen LogP contribution is 2.30. The van der Waals surface area contributed by atoms with E-state index in [-0.39, 0.29) is 12.4 Å². The van der Waals surface area contributed by atoms with Crippen molar-refractivity contribution in [2.75, 3.05) is 13.1 Å². The zero-order valence-electron chi connectivity index (χ0n) is 7.91. The fraction of sp³-hybridized carbons (Fsp3) is 0.400. The molecule has 2 N–H and O–H groups in total.